The minimum atomic E-state index is -0.243. The third kappa shape index (κ3) is 4.49. The molecule has 2 aromatic rings. The summed E-state index contributed by atoms with van der Waals surface area (Å²) >= 11 is 0. The van der Waals surface area contributed by atoms with Crippen molar-refractivity contribution in [3.05, 3.63) is 42.1 Å². The van der Waals surface area contributed by atoms with Crippen molar-refractivity contribution in [3.63, 3.8) is 0 Å². The molecule has 1 aliphatic heterocycles. The molecule has 1 amide bonds. The van der Waals surface area contributed by atoms with Crippen molar-refractivity contribution in [1.82, 2.24) is 9.88 Å². The monoisotopic (exact) mass is 370 g/mol. The van der Waals surface area contributed by atoms with Gasteiger partial charge < -0.3 is 24.6 Å². The van der Waals surface area contributed by atoms with Gasteiger partial charge in [0.05, 0.1) is 26.1 Å². The number of carbonyl (C=O) groups is 1. The van der Waals surface area contributed by atoms with Crippen LogP contribution in [0.4, 0.5) is 11.5 Å². The Balaban J connectivity index is 1.63. The van der Waals surface area contributed by atoms with Gasteiger partial charge in [-0.25, -0.2) is 4.98 Å². The molecule has 1 aromatic heterocycles. The summed E-state index contributed by atoms with van der Waals surface area (Å²) in [5.74, 6) is 1.37. The highest BCUT2D eigenvalue weighted by molar-refractivity contribution is 6.04. The number of benzene rings is 1. The molecular formula is C20H26N4O3. The first-order chi connectivity index (χ1) is 13.1. The Kier molecular flexibility index (Phi) is 6.13. The van der Waals surface area contributed by atoms with Crippen molar-refractivity contribution >= 4 is 17.4 Å². The molecule has 0 unspecified atom stereocenters. The van der Waals surface area contributed by atoms with Gasteiger partial charge in [0, 0.05) is 31.7 Å². The van der Waals surface area contributed by atoms with Gasteiger partial charge in [0.15, 0.2) is 11.5 Å². The van der Waals surface area contributed by atoms with E-state index in [1.165, 1.54) is 0 Å². The molecule has 7 nitrogen and oxygen atoms in total. The minimum Gasteiger partial charge on any atom is -0.493 e. The smallest absolute Gasteiger partial charge is 0.256 e. The molecule has 7 heteroatoms. The summed E-state index contributed by atoms with van der Waals surface area (Å²) in [7, 11) is 3.10. The van der Waals surface area contributed by atoms with Gasteiger partial charge in [-0.1, -0.05) is 6.92 Å². The van der Waals surface area contributed by atoms with Gasteiger partial charge in [-0.2, -0.15) is 0 Å². The number of ether oxygens (including phenoxy) is 2. The average molecular weight is 370 g/mol. The Morgan fingerprint density at radius 1 is 1.07 bits per heavy atom. The second kappa shape index (κ2) is 8.73. The van der Waals surface area contributed by atoms with Crippen molar-refractivity contribution in [1.29, 1.82) is 0 Å². The fourth-order valence-electron chi connectivity index (χ4n) is 3.14. The Morgan fingerprint density at radius 3 is 2.41 bits per heavy atom. The van der Waals surface area contributed by atoms with Crippen molar-refractivity contribution in [3.8, 4) is 11.5 Å². The Hall–Kier alpha value is -2.80. The minimum absolute atomic E-state index is 0.243. The summed E-state index contributed by atoms with van der Waals surface area (Å²) in [5.41, 5.74) is 1.56. The van der Waals surface area contributed by atoms with Gasteiger partial charge in [-0.3, -0.25) is 4.79 Å². The van der Waals surface area contributed by atoms with E-state index in [0.717, 1.165) is 38.4 Å². The molecule has 0 bridgehead atoms. The molecule has 144 valence electrons. The van der Waals surface area contributed by atoms with E-state index >= 15 is 0 Å². The van der Waals surface area contributed by atoms with Crippen LogP contribution in [0.5, 0.6) is 11.5 Å². The lowest BCUT2D eigenvalue weighted by Crippen LogP contribution is -2.46. The lowest BCUT2D eigenvalue weighted by atomic mass is 10.2. The predicted octanol–water partition coefficient (Wildman–Crippen LogP) is 2.49. The lowest BCUT2D eigenvalue weighted by Gasteiger charge is -2.35. The number of nitrogens with zero attached hydrogens (tertiary/aromatic N) is 3. The number of hydrogen-bond acceptors (Lipinski definition) is 6. The van der Waals surface area contributed by atoms with Gasteiger partial charge in [0.1, 0.15) is 5.82 Å². The molecule has 2 heterocycles. The number of hydrogen-bond donors (Lipinski definition) is 1. The highest BCUT2D eigenvalue weighted by Crippen LogP contribution is 2.28. The maximum atomic E-state index is 12.5. The second-order valence-electron chi connectivity index (χ2n) is 6.35. The van der Waals surface area contributed by atoms with Gasteiger partial charge in [0.25, 0.3) is 5.91 Å². The summed E-state index contributed by atoms with van der Waals surface area (Å²) in [5, 5.41) is 2.82. The van der Waals surface area contributed by atoms with Crippen LogP contribution in [-0.2, 0) is 0 Å². The molecule has 1 fully saturated rings. The quantitative estimate of drug-likeness (QED) is 0.843. The number of methoxy groups -OCH3 is 2. The molecule has 1 N–H and O–H groups in total. The zero-order valence-corrected chi connectivity index (χ0v) is 16.1. The molecule has 0 saturated carbocycles. The first-order valence-electron chi connectivity index (χ1n) is 9.11. The van der Waals surface area contributed by atoms with Crippen LogP contribution in [0.25, 0.3) is 0 Å². The van der Waals surface area contributed by atoms with E-state index < -0.39 is 0 Å². The number of piperazine rings is 1. The maximum absolute atomic E-state index is 12.5. The van der Waals surface area contributed by atoms with Crippen LogP contribution in [0.15, 0.2) is 36.5 Å². The topological polar surface area (TPSA) is 66.9 Å². The lowest BCUT2D eigenvalue weighted by molar-refractivity contribution is 0.102. The Bertz CT molecular complexity index is 771. The van der Waals surface area contributed by atoms with Crippen molar-refractivity contribution < 1.29 is 14.3 Å². The number of nitrogens with one attached hydrogen (secondary N) is 1. The van der Waals surface area contributed by atoms with Crippen LogP contribution >= 0.6 is 0 Å². The number of aromatic nitrogens is 1. The number of anilines is 2. The van der Waals surface area contributed by atoms with Gasteiger partial charge in [-0.05, 0) is 36.9 Å². The van der Waals surface area contributed by atoms with Crippen LogP contribution in [0, 0.1) is 0 Å². The summed E-state index contributed by atoms with van der Waals surface area (Å²) in [6, 6.07) is 8.88. The highest BCUT2D eigenvalue weighted by atomic mass is 16.5. The highest BCUT2D eigenvalue weighted by Gasteiger charge is 2.16. The SMILES string of the molecule is CCN1CCN(c2ccc(NC(=O)c3ccc(OC)c(OC)c3)nc2)CC1. The van der Waals surface area contributed by atoms with Crippen LogP contribution in [0.2, 0.25) is 0 Å². The normalized spacial score (nSPS) is 14.7. The van der Waals surface area contributed by atoms with E-state index in [-0.39, 0.29) is 5.91 Å². The largest absolute Gasteiger partial charge is 0.493 e. The molecule has 0 spiro atoms. The molecule has 1 saturated heterocycles. The van der Waals surface area contributed by atoms with Gasteiger partial charge in [-0.15, -0.1) is 0 Å². The Morgan fingerprint density at radius 2 is 1.81 bits per heavy atom. The van der Waals surface area contributed by atoms with Crippen molar-refractivity contribution in [2.75, 3.05) is 57.2 Å². The number of likely N-dealkylation sites (N-methyl/N-ethyl adjacent to an activating group) is 1. The molecule has 0 radical (unpaired) electrons. The molecule has 27 heavy (non-hydrogen) atoms. The van der Waals surface area contributed by atoms with E-state index in [4.69, 9.17) is 9.47 Å². The van der Waals surface area contributed by atoms with Crippen molar-refractivity contribution in [2.24, 2.45) is 0 Å². The van der Waals surface area contributed by atoms with Crippen LogP contribution < -0.4 is 19.7 Å². The van der Waals surface area contributed by atoms with Crippen molar-refractivity contribution in [2.45, 2.75) is 6.92 Å². The van der Waals surface area contributed by atoms with E-state index in [1.807, 2.05) is 18.3 Å². The first-order valence-corrected chi connectivity index (χ1v) is 9.11. The fraction of sp³-hybridized carbons (Fsp3) is 0.400. The molecule has 1 aliphatic rings. The average Bonchev–Trinajstić information content (AvgIpc) is 2.73. The molecule has 3 rings (SSSR count). The fourth-order valence-corrected chi connectivity index (χ4v) is 3.14. The maximum Gasteiger partial charge on any atom is 0.256 e. The van der Waals surface area contributed by atoms with Crippen LogP contribution in [0.1, 0.15) is 17.3 Å². The van der Waals surface area contributed by atoms with Crippen LogP contribution in [0.3, 0.4) is 0 Å². The number of pyridine rings is 1. The van der Waals surface area contributed by atoms with E-state index in [9.17, 15) is 4.79 Å². The molecule has 1 aromatic carbocycles. The number of carbonyl (C=O) groups excluding carboxylic acids is 1. The summed E-state index contributed by atoms with van der Waals surface area (Å²) in [6.45, 7) is 7.39. The number of rotatable bonds is 6. The van der Waals surface area contributed by atoms with Gasteiger partial charge in [0.2, 0.25) is 0 Å². The predicted molar refractivity (Wildman–Crippen MR) is 106 cm³/mol. The molecular weight excluding hydrogens is 344 g/mol. The summed E-state index contributed by atoms with van der Waals surface area (Å²) in [4.78, 5) is 21.6. The Labute approximate surface area is 159 Å². The molecule has 0 aliphatic carbocycles. The third-order valence-electron chi connectivity index (χ3n) is 4.82. The zero-order chi connectivity index (χ0) is 19.2. The second-order valence-corrected chi connectivity index (χ2v) is 6.35. The molecule has 0 atom stereocenters. The van der Waals surface area contributed by atoms with Crippen LogP contribution in [-0.4, -0.2) is 62.7 Å². The van der Waals surface area contributed by atoms with E-state index in [0.29, 0.717) is 22.9 Å². The first kappa shape index (κ1) is 19.0. The standard InChI is InChI=1S/C20H26N4O3/c1-4-23-9-11-24(12-10-23)16-6-8-19(21-14-16)22-20(25)15-5-7-17(26-2)18(13-15)27-3/h5-8,13-14H,4,9-12H2,1-3H3,(H,21,22,25). The number of amides is 1. The zero-order valence-electron chi connectivity index (χ0n) is 16.1. The summed E-state index contributed by atoms with van der Waals surface area (Å²) < 4.78 is 10.4. The third-order valence-corrected chi connectivity index (χ3v) is 4.82. The summed E-state index contributed by atoms with van der Waals surface area (Å²) in [6.07, 6.45) is 1.81. The van der Waals surface area contributed by atoms with Gasteiger partial charge >= 0.3 is 0 Å². The van der Waals surface area contributed by atoms with E-state index in [1.54, 1.807) is 32.4 Å². The van der Waals surface area contributed by atoms with E-state index in [2.05, 4.69) is 27.0 Å².